The van der Waals surface area contributed by atoms with Crippen molar-refractivity contribution >= 4 is 11.5 Å². The summed E-state index contributed by atoms with van der Waals surface area (Å²) in [5.74, 6) is -0.0914. The van der Waals surface area contributed by atoms with E-state index in [-0.39, 0.29) is 12.4 Å². The van der Waals surface area contributed by atoms with E-state index < -0.39 is 11.6 Å². The molecule has 30 heavy (non-hydrogen) atoms. The fraction of sp³-hybridized carbons (Fsp3) is 0.160. The third-order valence-corrected chi connectivity index (χ3v) is 5.85. The molecule has 150 valence electrons. The number of aliphatic hydroxyl groups is 1. The van der Waals surface area contributed by atoms with Crippen LogP contribution in [0.1, 0.15) is 34.7 Å². The summed E-state index contributed by atoms with van der Waals surface area (Å²) < 4.78 is 10.9. The number of hydrogen-bond acceptors (Lipinski definition) is 4. The Hall–Kier alpha value is -3.57. The zero-order chi connectivity index (χ0) is 20.9. The first-order valence-electron chi connectivity index (χ1n) is 9.84. The lowest BCUT2D eigenvalue weighted by molar-refractivity contribution is -0.134. The summed E-state index contributed by atoms with van der Waals surface area (Å²) in [5, 5.41) is 22.4. The van der Waals surface area contributed by atoms with Gasteiger partial charge in [0.1, 0.15) is 5.60 Å². The summed E-state index contributed by atoms with van der Waals surface area (Å²) in [7, 11) is 0. The number of aliphatic carboxylic acids is 1. The predicted molar refractivity (Wildman–Crippen MR) is 111 cm³/mol. The maximum atomic E-state index is 12.6. The monoisotopic (exact) mass is 400 g/mol. The maximum absolute atomic E-state index is 12.6. The van der Waals surface area contributed by atoms with Crippen LogP contribution in [0.2, 0.25) is 0 Å². The SMILES string of the molecule is CCc1cccc2c1C(c1ccccc1)=C(C(=O)O)C2(O)c1ccc2c(c1)OCO2. The van der Waals surface area contributed by atoms with Crippen LogP contribution in [-0.2, 0) is 16.8 Å². The number of hydrogen-bond donors (Lipinski definition) is 2. The molecule has 1 aliphatic heterocycles. The van der Waals surface area contributed by atoms with Crippen molar-refractivity contribution < 1.29 is 24.5 Å². The number of fused-ring (bicyclic) bond motifs is 2. The third kappa shape index (κ3) is 2.49. The highest BCUT2D eigenvalue weighted by Crippen LogP contribution is 2.53. The topological polar surface area (TPSA) is 76.0 Å². The zero-order valence-electron chi connectivity index (χ0n) is 16.4. The Morgan fingerprint density at radius 1 is 1.00 bits per heavy atom. The number of rotatable bonds is 4. The van der Waals surface area contributed by atoms with E-state index in [1.807, 2.05) is 49.4 Å². The number of carboxylic acid groups (broad SMARTS) is 1. The number of carboxylic acids is 1. The summed E-state index contributed by atoms with van der Waals surface area (Å²) >= 11 is 0. The van der Waals surface area contributed by atoms with Gasteiger partial charge in [-0.15, -0.1) is 0 Å². The van der Waals surface area contributed by atoms with Crippen molar-refractivity contribution in [1.82, 2.24) is 0 Å². The molecule has 0 spiro atoms. The van der Waals surface area contributed by atoms with Gasteiger partial charge in [-0.2, -0.15) is 0 Å². The number of benzene rings is 3. The number of carbonyl (C=O) groups is 1. The molecule has 0 bridgehead atoms. The van der Waals surface area contributed by atoms with E-state index in [0.29, 0.717) is 34.6 Å². The molecule has 1 aliphatic carbocycles. The van der Waals surface area contributed by atoms with Crippen molar-refractivity contribution in [1.29, 1.82) is 0 Å². The zero-order valence-corrected chi connectivity index (χ0v) is 16.4. The summed E-state index contributed by atoms with van der Waals surface area (Å²) in [5.41, 5.74) is 2.21. The van der Waals surface area contributed by atoms with Gasteiger partial charge in [-0.05, 0) is 40.8 Å². The third-order valence-electron chi connectivity index (χ3n) is 5.85. The van der Waals surface area contributed by atoms with Gasteiger partial charge >= 0.3 is 5.97 Å². The highest BCUT2D eigenvalue weighted by Gasteiger charge is 2.49. The molecular formula is C25H20O5. The smallest absolute Gasteiger partial charge is 0.335 e. The Labute approximate surface area is 173 Å². The summed E-state index contributed by atoms with van der Waals surface area (Å²) in [6.45, 7) is 2.13. The molecule has 0 saturated carbocycles. The first-order chi connectivity index (χ1) is 14.6. The van der Waals surface area contributed by atoms with Crippen LogP contribution in [0.25, 0.3) is 5.57 Å². The molecule has 5 heteroatoms. The van der Waals surface area contributed by atoms with E-state index in [9.17, 15) is 15.0 Å². The Morgan fingerprint density at radius 2 is 1.77 bits per heavy atom. The Bertz CT molecular complexity index is 1200. The maximum Gasteiger partial charge on any atom is 0.335 e. The van der Waals surface area contributed by atoms with E-state index in [4.69, 9.17) is 9.47 Å². The Balaban J connectivity index is 1.87. The van der Waals surface area contributed by atoms with Crippen molar-refractivity contribution in [3.63, 3.8) is 0 Å². The molecule has 5 rings (SSSR count). The van der Waals surface area contributed by atoms with Gasteiger partial charge in [-0.3, -0.25) is 0 Å². The fourth-order valence-corrected chi connectivity index (χ4v) is 4.51. The van der Waals surface area contributed by atoms with E-state index >= 15 is 0 Å². The van der Waals surface area contributed by atoms with Crippen LogP contribution in [0, 0.1) is 0 Å². The molecule has 1 unspecified atom stereocenters. The van der Waals surface area contributed by atoms with Crippen molar-refractivity contribution in [2.75, 3.05) is 6.79 Å². The lowest BCUT2D eigenvalue weighted by atomic mass is 9.82. The summed E-state index contributed by atoms with van der Waals surface area (Å²) in [6, 6.07) is 20.1. The summed E-state index contributed by atoms with van der Waals surface area (Å²) in [4.78, 5) is 12.6. The van der Waals surface area contributed by atoms with Crippen LogP contribution in [0.4, 0.5) is 0 Å². The second kappa shape index (κ2) is 6.75. The van der Waals surface area contributed by atoms with E-state index in [0.717, 1.165) is 16.7 Å². The van der Waals surface area contributed by atoms with Crippen LogP contribution in [0.5, 0.6) is 11.5 Å². The Morgan fingerprint density at radius 3 is 2.50 bits per heavy atom. The van der Waals surface area contributed by atoms with E-state index in [1.54, 1.807) is 24.3 Å². The van der Waals surface area contributed by atoms with Crippen molar-refractivity contribution in [3.8, 4) is 11.5 Å². The van der Waals surface area contributed by atoms with Gasteiger partial charge in [0.2, 0.25) is 6.79 Å². The van der Waals surface area contributed by atoms with Crippen molar-refractivity contribution in [3.05, 3.63) is 100 Å². The van der Waals surface area contributed by atoms with Crippen LogP contribution in [0.15, 0.2) is 72.3 Å². The van der Waals surface area contributed by atoms with Gasteiger partial charge in [0.25, 0.3) is 0 Å². The van der Waals surface area contributed by atoms with Crippen molar-refractivity contribution in [2.24, 2.45) is 0 Å². The molecule has 3 aromatic carbocycles. The molecule has 0 saturated heterocycles. The first-order valence-corrected chi connectivity index (χ1v) is 9.84. The Kier molecular flexibility index (Phi) is 4.15. The standard InChI is InChI=1S/C25H20O5/c1-2-15-9-6-10-18-21(15)22(16-7-4-3-5-8-16)23(24(26)27)25(18,28)17-11-12-19-20(13-17)30-14-29-19/h3-13,28H,2,14H2,1H3,(H,26,27). The van der Waals surface area contributed by atoms with Crippen LogP contribution in [-0.4, -0.2) is 23.0 Å². The highest BCUT2D eigenvalue weighted by molar-refractivity contribution is 6.08. The first kappa shape index (κ1) is 18.5. The molecule has 1 atom stereocenters. The van der Waals surface area contributed by atoms with Crippen LogP contribution >= 0.6 is 0 Å². The molecule has 2 aliphatic rings. The second-order valence-electron chi connectivity index (χ2n) is 7.39. The van der Waals surface area contributed by atoms with Gasteiger partial charge in [0.05, 0.1) is 5.57 Å². The predicted octanol–water partition coefficient (Wildman–Crippen LogP) is 4.11. The molecular weight excluding hydrogens is 380 g/mol. The molecule has 2 N–H and O–H groups in total. The lowest BCUT2D eigenvalue weighted by Gasteiger charge is -2.27. The molecule has 3 aromatic rings. The minimum atomic E-state index is -1.82. The highest BCUT2D eigenvalue weighted by atomic mass is 16.7. The molecule has 1 heterocycles. The molecule has 0 aromatic heterocycles. The van der Waals surface area contributed by atoms with Crippen molar-refractivity contribution in [2.45, 2.75) is 18.9 Å². The lowest BCUT2D eigenvalue weighted by Crippen LogP contribution is -2.31. The van der Waals surface area contributed by atoms with Crippen LogP contribution < -0.4 is 9.47 Å². The summed E-state index contributed by atoms with van der Waals surface area (Å²) in [6.07, 6.45) is 0.712. The normalized spacial score (nSPS) is 19.1. The number of aryl methyl sites for hydroxylation is 1. The molecule has 5 nitrogen and oxygen atoms in total. The van der Waals surface area contributed by atoms with Crippen LogP contribution in [0.3, 0.4) is 0 Å². The quantitative estimate of drug-likeness (QED) is 0.689. The average molecular weight is 400 g/mol. The molecule has 0 radical (unpaired) electrons. The minimum absolute atomic E-state index is 0.0523. The van der Waals surface area contributed by atoms with Gasteiger partial charge in [0.15, 0.2) is 11.5 Å². The number of ether oxygens (including phenoxy) is 2. The van der Waals surface area contributed by atoms with E-state index in [1.165, 1.54) is 0 Å². The van der Waals surface area contributed by atoms with E-state index in [2.05, 4.69) is 0 Å². The van der Waals surface area contributed by atoms with Gasteiger partial charge in [-0.25, -0.2) is 4.79 Å². The van der Waals surface area contributed by atoms with Gasteiger partial charge in [-0.1, -0.05) is 61.5 Å². The fourth-order valence-electron chi connectivity index (χ4n) is 4.51. The molecule has 0 fully saturated rings. The molecule has 0 amide bonds. The minimum Gasteiger partial charge on any atom is -0.478 e. The second-order valence-corrected chi connectivity index (χ2v) is 7.39. The van der Waals surface area contributed by atoms with Gasteiger partial charge in [0, 0.05) is 11.1 Å². The van der Waals surface area contributed by atoms with Gasteiger partial charge < -0.3 is 19.7 Å². The average Bonchev–Trinajstić information content (AvgIpc) is 3.35. The largest absolute Gasteiger partial charge is 0.478 e.